The Labute approximate surface area is 116 Å². The van der Waals surface area contributed by atoms with Crippen molar-refractivity contribution in [3.63, 3.8) is 0 Å². The lowest BCUT2D eigenvalue weighted by Gasteiger charge is -2.21. The molecule has 3 rings (SSSR count). The van der Waals surface area contributed by atoms with Crippen LogP contribution in [0.3, 0.4) is 0 Å². The Bertz CT molecular complexity index is 565. The highest BCUT2D eigenvalue weighted by Gasteiger charge is 2.53. The Morgan fingerprint density at radius 1 is 1.21 bits per heavy atom. The van der Waals surface area contributed by atoms with Crippen LogP contribution in [0.4, 0.5) is 11.4 Å². The van der Waals surface area contributed by atoms with Gasteiger partial charge in [-0.3, -0.25) is 9.59 Å². The fourth-order valence-electron chi connectivity index (χ4n) is 3.19. The van der Waals surface area contributed by atoms with Gasteiger partial charge in [0.1, 0.15) is 0 Å². The lowest BCUT2D eigenvalue weighted by atomic mass is 9.84. The zero-order valence-electron chi connectivity index (χ0n) is 10.5. The minimum absolute atomic E-state index is 0.107. The zero-order valence-corrected chi connectivity index (χ0v) is 11.2. The molecule has 1 saturated heterocycles. The van der Waals surface area contributed by atoms with Gasteiger partial charge >= 0.3 is 0 Å². The molecule has 1 aromatic rings. The van der Waals surface area contributed by atoms with E-state index in [-0.39, 0.29) is 11.8 Å². The predicted molar refractivity (Wildman–Crippen MR) is 73.9 cm³/mol. The number of nitrogens with zero attached hydrogens (tertiary/aromatic N) is 1. The van der Waals surface area contributed by atoms with Crippen LogP contribution in [-0.4, -0.2) is 11.8 Å². The fraction of sp³-hybridized carbons (Fsp3) is 0.429. The standard InChI is InChI=1S/C14H15ClN2O2/c15-9-3-4-10(16)11(7-9)17-12(18)8-14(13(17)19)5-1-2-6-14/h3-4,7H,1-2,5-6,8,16H2. The minimum Gasteiger partial charge on any atom is -0.397 e. The molecule has 2 fully saturated rings. The summed E-state index contributed by atoms with van der Waals surface area (Å²) in [5.41, 5.74) is 6.22. The molecule has 2 N–H and O–H groups in total. The van der Waals surface area contributed by atoms with Crippen LogP contribution in [0, 0.1) is 5.41 Å². The Morgan fingerprint density at radius 3 is 2.58 bits per heavy atom. The first kappa shape index (κ1) is 12.5. The Balaban J connectivity index is 2.03. The average Bonchev–Trinajstić information content (AvgIpc) is 2.91. The molecule has 100 valence electrons. The first-order chi connectivity index (χ1) is 9.03. The molecule has 2 amide bonds. The van der Waals surface area contributed by atoms with Crippen LogP contribution in [0.5, 0.6) is 0 Å². The molecular formula is C14H15ClN2O2. The highest BCUT2D eigenvalue weighted by molar-refractivity contribution is 6.32. The largest absolute Gasteiger partial charge is 0.397 e. The van der Waals surface area contributed by atoms with E-state index in [1.165, 1.54) is 4.90 Å². The number of carbonyl (C=O) groups is 2. The van der Waals surface area contributed by atoms with Crippen LogP contribution in [0.1, 0.15) is 32.1 Å². The number of hydrogen-bond acceptors (Lipinski definition) is 3. The summed E-state index contributed by atoms with van der Waals surface area (Å²) < 4.78 is 0. The summed E-state index contributed by atoms with van der Waals surface area (Å²) in [6.45, 7) is 0. The van der Waals surface area contributed by atoms with E-state index in [2.05, 4.69) is 0 Å². The number of nitrogen functional groups attached to an aromatic ring is 1. The third-order valence-electron chi connectivity index (χ3n) is 4.19. The van der Waals surface area contributed by atoms with Crippen molar-refractivity contribution in [3.8, 4) is 0 Å². The molecule has 1 aliphatic carbocycles. The van der Waals surface area contributed by atoms with Crippen molar-refractivity contribution in [1.82, 2.24) is 0 Å². The number of hydrogen-bond donors (Lipinski definition) is 1. The van der Waals surface area contributed by atoms with Crippen LogP contribution >= 0.6 is 11.6 Å². The molecule has 0 unspecified atom stereocenters. The van der Waals surface area contributed by atoms with Gasteiger partial charge in [0.2, 0.25) is 11.8 Å². The van der Waals surface area contributed by atoms with Crippen LogP contribution in [-0.2, 0) is 9.59 Å². The molecule has 1 aliphatic heterocycles. The van der Waals surface area contributed by atoms with Gasteiger partial charge in [-0.15, -0.1) is 0 Å². The Kier molecular flexibility index (Phi) is 2.78. The molecular weight excluding hydrogens is 264 g/mol. The number of nitrogens with two attached hydrogens (primary N) is 1. The summed E-state index contributed by atoms with van der Waals surface area (Å²) in [4.78, 5) is 26.1. The molecule has 19 heavy (non-hydrogen) atoms. The molecule has 4 nitrogen and oxygen atoms in total. The van der Waals surface area contributed by atoms with E-state index < -0.39 is 5.41 Å². The van der Waals surface area contributed by atoms with E-state index >= 15 is 0 Å². The van der Waals surface area contributed by atoms with Crippen molar-refractivity contribution in [1.29, 1.82) is 0 Å². The second kappa shape index (κ2) is 4.23. The van der Waals surface area contributed by atoms with Crippen LogP contribution in [0.15, 0.2) is 18.2 Å². The van der Waals surface area contributed by atoms with Crippen LogP contribution in [0.25, 0.3) is 0 Å². The van der Waals surface area contributed by atoms with Crippen molar-refractivity contribution in [2.75, 3.05) is 10.6 Å². The Morgan fingerprint density at radius 2 is 1.89 bits per heavy atom. The molecule has 0 aromatic heterocycles. The second-order valence-electron chi connectivity index (χ2n) is 5.40. The van der Waals surface area contributed by atoms with Gasteiger partial charge in [0.15, 0.2) is 0 Å². The molecule has 1 spiro atoms. The lowest BCUT2D eigenvalue weighted by molar-refractivity contribution is -0.125. The zero-order chi connectivity index (χ0) is 13.6. The van der Waals surface area contributed by atoms with E-state index in [0.717, 1.165) is 25.7 Å². The number of imide groups is 1. The quantitative estimate of drug-likeness (QED) is 0.635. The van der Waals surface area contributed by atoms with Crippen molar-refractivity contribution in [2.24, 2.45) is 5.41 Å². The van der Waals surface area contributed by atoms with Gasteiger partial charge in [-0.05, 0) is 31.0 Å². The first-order valence-electron chi connectivity index (χ1n) is 6.46. The monoisotopic (exact) mass is 278 g/mol. The second-order valence-corrected chi connectivity index (χ2v) is 5.84. The number of halogens is 1. The summed E-state index contributed by atoms with van der Waals surface area (Å²) >= 11 is 5.94. The maximum absolute atomic E-state index is 12.6. The molecule has 0 atom stereocenters. The summed E-state index contributed by atoms with van der Waals surface area (Å²) in [7, 11) is 0. The molecule has 2 aliphatic rings. The van der Waals surface area contributed by atoms with Gasteiger partial charge in [-0.2, -0.15) is 0 Å². The molecule has 1 saturated carbocycles. The maximum atomic E-state index is 12.6. The molecule has 0 bridgehead atoms. The number of anilines is 2. The van der Waals surface area contributed by atoms with E-state index in [9.17, 15) is 9.59 Å². The SMILES string of the molecule is Nc1ccc(Cl)cc1N1C(=O)CC2(CCCC2)C1=O. The van der Waals surface area contributed by atoms with Crippen molar-refractivity contribution in [2.45, 2.75) is 32.1 Å². The van der Waals surface area contributed by atoms with Crippen LogP contribution in [0.2, 0.25) is 5.02 Å². The summed E-state index contributed by atoms with van der Waals surface area (Å²) in [5, 5.41) is 0.470. The van der Waals surface area contributed by atoms with E-state index in [4.69, 9.17) is 17.3 Å². The third-order valence-corrected chi connectivity index (χ3v) is 4.42. The summed E-state index contributed by atoms with van der Waals surface area (Å²) in [5.74, 6) is -0.273. The fourth-order valence-corrected chi connectivity index (χ4v) is 3.36. The highest BCUT2D eigenvalue weighted by Crippen LogP contribution is 2.48. The van der Waals surface area contributed by atoms with Crippen molar-refractivity contribution >= 4 is 34.8 Å². The normalized spacial score (nSPS) is 21.6. The van der Waals surface area contributed by atoms with Gasteiger partial charge in [0.25, 0.3) is 0 Å². The summed E-state index contributed by atoms with van der Waals surface area (Å²) in [6.07, 6.45) is 3.93. The highest BCUT2D eigenvalue weighted by atomic mass is 35.5. The van der Waals surface area contributed by atoms with Gasteiger partial charge in [-0.1, -0.05) is 24.4 Å². The van der Waals surface area contributed by atoms with Gasteiger partial charge in [0.05, 0.1) is 16.8 Å². The minimum atomic E-state index is -0.480. The smallest absolute Gasteiger partial charge is 0.240 e. The van der Waals surface area contributed by atoms with Gasteiger partial charge < -0.3 is 5.73 Å². The first-order valence-corrected chi connectivity index (χ1v) is 6.84. The van der Waals surface area contributed by atoms with Crippen molar-refractivity contribution in [3.05, 3.63) is 23.2 Å². The molecule has 1 heterocycles. The van der Waals surface area contributed by atoms with E-state index in [1.54, 1.807) is 18.2 Å². The number of benzene rings is 1. The number of amides is 2. The topological polar surface area (TPSA) is 63.4 Å². The lowest BCUT2D eigenvalue weighted by Crippen LogP contribution is -2.34. The number of carbonyl (C=O) groups excluding carboxylic acids is 2. The molecule has 5 heteroatoms. The molecule has 1 aromatic carbocycles. The average molecular weight is 279 g/mol. The van der Waals surface area contributed by atoms with Crippen molar-refractivity contribution < 1.29 is 9.59 Å². The van der Waals surface area contributed by atoms with Gasteiger partial charge in [0, 0.05) is 11.4 Å². The summed E-state index contributed by atoms with van der Waals surface area (Å²) in [6, 6.07) is 4.86. The third kappa shape index (κ3) is 1.82. The van der Waals surface area contributed by atoms with E-state index in [0.29, 0.717) is 22.8 Å². The van der Waals surface area contributed by atoms with E-state index in [1.807, 2.05) is 0 Å². The van der Waals surface area contributed by atoms with Crippen LogP contribution < -0.4 is 10.6 Å². The Hall–Kier alpha value is -1.55. The molecule has 0 radical (unpaired) electrons. The van der Waals surface area contributed by atoms with Gasteiger partial charge in [-0.25, -0.2) is 4.90 Å². The maximum Gasteiger partial charge on any atom is 0.240 e. The predicted octanol–water partition coefficient (Wildman–Crippen LogP) is 2.75. The number of rotatable bonds is 1.